The zero-order valence-corrected chi connectivity index (χ0v) is 15.4. The molecule has 2 heterocycles. The van der Waals surface area contributed by atoms with Crippen LogP contribution in [0.3, 0.4) is 0 Å². The molecule has 2 atom stereocenters. The van der Waals surface area contributed by atoms with Gasteiger partial charge in [-0.05, 0) is 66.5 Å². The van der Waals surface area contributed by atoms with Crippen LogP contribution in [0.2, 0.25) is 0 Å². The van der Waals surface area contributed by atoms with E-state index in [9.17, 15) is 5.11 Å². The van der Waals surface area contributed by atoms with Crippen LogP contribution in [-0.2, 0) is 13.5 Å². The van der Waals surface area contributed by atoms with Gasteiger partial charge >= 0.3 is 0 Å². The summed E-state index contributed by atoms with van der Waals surface area (Å²) in [5, 5.41) is 19.6. The van der Waals surface area contributed by atoms with Crippen molar-refractivity contribution in [1.29, 1.82) is 0 Å². The first-order valence-corrected chi connectivity index (χ1v) is 9.63. The quantitative estimate of drug-likeness (QED) is 0.721. The van der Waals surface area contributed by atoms with Crippen LogP contribution in [0.5, 0.6) is 0 Å². The van der Waals surface area contributed by atoms with Crippen molar-refractivity contribution in [2.24, 2.45) is 13.0 Å². The highest BCUT2D eigenvalue weighted by Crippen LogP contribution is 2.43. The van der Waals surface area contributed by atoms with E-state index in [1.165, 1.54) is 46.1 Å². The molecular weight excluding hydrogens is 322 g/mol. The lowest BCUT2D eigenvalue weighted by Gasteiger charge is -2.15. The third-order valence-electron chi connectivity index (χ3n) is 5.83. The molecule has 4 nitrogen and oxygen atoms in total. The predicted octanol–water partition coefficient (Wildman–Crippen LogP) is 4.43. The van der Waals surface area contributed by atoms with Crippen molar-refractivity contribution in [3.8, 4) is 11.1 Å². The van der Waals surface area contributed by atoms with Crippen molar-refractivity contribution in [3.05, 3.63) is 47.7 Å². The molecule has 1 aromatic heterocycles. The molecule has 26 heavy (non-hydrogen) atoms. The topological polar surface area (TPSA) is 50.1 Å². The lowest BCUT2D eigenvalue weighted by atomic mass is 9.91. The number of aromatic nitrogens is 2. The fourth-order valence-corrected chi connectivity index (χ4v) is 4.38. The second-order valence-corrected chi connectivity index (χ2v) is 8.05. The van der Waals surface area contributed by atoms with Crippen LogP contribution in [0.4, 0.5) is 5.69 Å². The molecule has 3 aromatic rings. The zero-order chi connectivity index (χ0) is 17.8. The molecule has 0 saturated heterocycles. The second-order valence-electron chi connectivity index (χ2n) is 8.05. The Hall–Kier alpha value is -2.33. The third-order valence-corrected chi connectivity index (χ3v) is 5.83. The molecule has 134 valence electrons. The van der Waals surface area contributed by atoms with Gasteiger partial charge < -0.3 is 10.4 Å². The summed E-state index contributed by atoms with van der Waals surface area (Å²) in [4.78, 5) is 0. The molecule has 0 amide bonds. The van der Waals surface area contributed by atoms with Crippen molar-refractivity contribution in [3.63, 3.8) is 0 Å². The lowest BCUT2D eigenvalue weighted by molar-refractivity contribution is 0.175. The van der Waals surface area contributed by atoms with Crippen LogP contribution in [0.25, 0.3) is 22.0 Å². The van der Waals surface area contributed by atoms with Gasteiger partial charge in [-0.1, -0.05) is 25.1 Å². The highest BCUT2D eigenvalue weighted by atomic mass is 16.3. The Morgan fingerprint density at radius 3 is 2.85 bits per heavy atom. The molecule has 0 radical (unpaired) electrons. The van der Waals surface area contributed by atoms with E-state index in [0.29, 0.717) is 11.8 Å². The van der Waals surface area contributed by atoms with Gasteiger partial charge in [-0.3, -0.25) is 4.68 Å². The fraction of sp³-hybridized carbons (Fsp3) is 0.409. The number of nitrogens with one attached hydrogen (secondary N) is 1. The molecule has 5 rings (SSSR count). The van der Waals surface area contributed by atoms with Crippen LogP contribution < -0.4 is 5.32 Å². The Morgan fingerprint density at radius 1 is 1.19 bits per heavy atom. The normalized spacial score (nSPS) is 22.7. The van der Waals surface area contributed by atoms with Crippen LogP contribution in [0.1, 0.15) is 43.4 Å². The Bertz CT molecular complexity index is 986. The molecule has 1 fully saturated rings. The van der Waals surface area contributed by atoms with Crippen LogP contribution >= 0.6 is 0 Å². The number of benzene rings is 2. The van der Waals surface area contributed by atoms with Crippen LogP contribution in [0.15, 0.2) is 36.4 Å². The van der Waals surface area contributed by atoms with Crippen LogP contribution in [-0.4, -0.2) is 21.1 Å². The molecule has 4 heteroatoms. The maximum atomic E-state index is 10.2. The summed E-state index contributed by atoms with van der Waals surface area (Å²) in [6.07, 6.45) is 3.81. The number of rotatable bonds is 2. The predicted molar refractivity (Wildman–Crippen MR) is 105 cm³/mol. The number of nitrogens with zero attached hydrogens (tertiary/aromatic N) is 2. The molecule has 2 aliphatic rings. The van der Waals surface area contributed by atoms with Crippen molar-refractivity contribution in [2.45, 2.75) is 44.8 Å². The van der Waals surface area contributed by atoms with Crippen molar-refractivity contribution in [1.82, 2.24) is 9.78 Å². The van der Waals surface area contributed by atoms with E-state index < -0.39 is 6.23 Å². The number of fused-ring (bicyclic) bond motifs is 2. The highest BCUT2D eigenvalue weighted by Gasteiger charge is 2.29. The van der Waals surface area contributed by atoms with Crippen molar-refractivity contribution in [2.75, 3.05) is 5.32 Å². The van der Waals surface area contributed by atoms with E-state index in [-0.39, 0.29) is 0 Å². The number of aliphatic hydroxyl groups excluding tert-OH is 1. The average Bonchev–Trinajstić information content (AvgIpc) is 3.41. The number of aryl methyl sites for hydroxylation is 1. The van der Waals surface area contributed by atoms with Gasteiger partial charge in [0.2, 0.25) is 0 Å². The van der Waals surface area contributed by atoms with Gasteiger partial charge in [0.1, 0.15) is 6.23 Å². The number of anilines is 1. The standard InChI is InChI=1S/C22H25N3O/c1-13-10-17-16(4-3-5-19(17)23-21(26)11-13)15-8-9-20-18(12-15)22(14-6-7-14)24-25(20)2/h3-5,8-9,12-14,21,23,26H,6-7,10-11H2,1-2H3/t13-,21?/m1/s1. The summed E-state index contributed by atoms with van der Waals surface area (Å²) in [5.74, 6) is 1.09. The fourth-order valence-electron chi connectivity index (χ4n) is 4.38. The minimum absolute atomic E-state index is 0.448. The Balaban J connectivity index is 1.66. The summed E-state index contributed by atoms with van der Waals surface area (Å²) < 4.78 is 2.01. The lowest BCUT2D eigenvalue weighted by Crippen LogP contribution is -2.19. The maximum Gasteiger partial charge on any atom is 0.124 e. The molecule has 2 N–H and O–H groups in total. The van der Waals surface area contributed by atoms with Crippen molar-refractivity contribution >= 4 is 16.6 Å². The molecule has 1 unspecified atom stereocenters. The van der Waals surface area contributed by atoms with Gasteiger partial charge in [-0.25, -0.2) is 0 Å². The SMILES string of the molecule is C[C@@H]1Cc2c(cccc2-c2ccc3c(c2)c(C2CC2)nn3C)NC(O)C1. The molecule has 2 aromatic carbocycles. The van der Waals surface area contributed by atoms with Gasteiger partial charge in [0.15, 0.2) is 0 Å². The molecule has 1 aliphatic heterocycles. The first-order chi connectivity index (χ1) is 12.6. The van der Waals surface area contributed by atoms with Gasteiger partial charge in [0, 0.05) is 24.0 Å². The average molecular weight is 347 g/mol. The number of aliphatic hydroxyl groups is 1. The van der Waals surface area contributed by atoms with E-state index in [0.717, 1.165) is 18.5 Å². The first kappa shape index (κ1) is 15.9. The monoisotopic (exact) mass is 347 g/mol. The molecule has 1 aliphatic carbocycles. The summed E-state index contributed by atoms with van der Waals surface area (Å²) >= 11 is 0. The van der Waals surface area contributed by atoms with Gasteiger partial charge in [-0.2, -0.15) is 5.10 Å². The summed E-state index contributed by atoms with van der Waals surface area (Å²) in [7, 11) is 2.04. The highest BCUT2D eigenvalue weighted by molar-refractivity contribution is 5.89. The summed E-state index contributed by atoms with van der Waals surface area (Å²) in [5.41, 5.74) is 7.35. The Kier molecular flexibility index (Phi) is 3.57. The third kappa shape index (κ3) is 2.60. The largest absolute Gasteiger partial charge is 0.374 e. The zero-order valence-electron chi connectivity index (χ0n) is 15.4. The molecular formula is C22H25N3O. The molecule has 1 saturated carbocycles. The minimum atomic E-state index is -0.469. The number of hydrogen-bond acceptors (Lipinski definition) is 3. The van der Waals surface area contributed by atoms with E-state index in [2.05, 4.69) is 48.6 Å². The second kappa shape index (κ2) is 5.85. The maximum absolute atomic E-state index is 10.2. The first-order valence-electron chi connectivity index (χ1n) is 9.63. The van der Waals surface area contributed by atoms with E-state index in [1.54, 1.807) is 0 Å². The summed E-state index contributed by atoms with van der Waals surface area (Å²) in [6, 6.07) is 13.1. The smallest absolute Gasteiger partial charge is 0.124 e. The Labute approximate surface area is 153 Å². The van der Waals surface area contributed by atoms with Gasteiger partial charge in [0.25, 0.3) is 0 Å². The van der Waals surface area contributed by atoms with Gasteiger partial charge in [-0.15, -0.1) is 0 Å². The number of hydrogen-bond donors (Lipinski definition) is 2. The van der Waals surface area contributed by atoms with Gasteiger partial charge in [0.05, 0.1) is 11.2 Å². The molecule has 0 spiro atoms. The van der Waals surface area contributed by atoms with Crippen LogP contribution in [0, 0.1) is 5.92 Å². The van der Waals surface area contributed by atoms with E-state index in [4.69, 9.17) is 5.10 Å². The summed E-state index contributed by atoms with van der Waals surface area (Å²) in [6.45, 7) is 2.21. The van der Waals surface area contributed by atoms with Crippen molar-refractivity contribution < 1.29 is 5.11 Å². The Morgan fingerprint density at radius 2 is 2.04 bits per heavy atom. The molecule has 0 bridgehead atoms. The van der Waals surface area contributed by atoms with E-state index >= 15 is 0 Å². The minimum Gasteiger partial charge on any atom is -0.374 e. The van der Waals surface area contributed by atoms with E-state index in [1.807, 2.05) is 11.7 Å².